The maximum Gasteiger partial charge on any atom is 0.232 e. The van der Waals surface area contributed by atoms with Crippen LogP contribution in [0.5, 0.6) is 0 Å². The smallest absolute Gasteiger partial charge is 0.232 e. The van der Waals surface area contributed by atoms with Crippen molar-refractivity contribution in [2.45, 2.75) is 26.2 Å². The van der Waals surface area contributed by atoms with Crippen molar-refractivity contribution in [3.63, 3.8) is 0 Å². The molecule has 0 amide bonds. The quantitative estimate of drug-likeness (QED) is 0.701. The standard InChI is InChI=1S/C9H18ClNO2S/c1-9-3-6-11(7-4-9)5-2-8-14(10,12)13/h9H,2-8H2,1H3. The van der Waals surface area contributed by atoms with Gasteiger partial charge in [0.2, 0.25) is 9.05 Å². The predicted molar refractivity (Wildman–Crippen MR) is 59.1 cm³/mol. The molecule has 0 radical (unpaired) electrons. The lowest BCUT2D eigenvalue weighted by molar-refractivity contribution is 0.193. The first-order chi connectivity index (χ1) is 6.47. The van der Waals surface area contributed by atoms with Gasteiger partial charge in [0.15, 0.2) is 0 Å². The van der Waals surface area contributed by atoms with Crippen LogP contribution >= 0.6 is 10.7 Å². The van der Waals surface area contributed by atoms with Gasteiger partial charge in [-0.25, -0.2) is 8.42 Å². The number of nitrogens with zero attached hydrogens (tertiary/aromatic N) is 1. The van der Waals surface area contributed by atoms with E-state index in [0.717, 1.165) is 25.6 Å². The van der Waals surface area contributed by atoms with E-state index in [0.29, 0.717) is 6.42 Å². The molecule has 0 aromatic carbocycles. The van der Waals surface area contributed by atoms with Gasteiger partial charge in [-0.3, -0.25) is 0 Å². The van der Waals surface area contributed by atoms with Crippen molar-refractivity contribution in [1.29, 1.82) is 0 Å². The van der Waals surface area contributed by atoms with Gasteiger partial charge in [0.05, 0.1) is 5.75 Å². The molecule has 0 saturated carbocycles. The summed E-state index contributed by atoms with van der Waals surface area (Å²) in [5, 5.41) is 0. The van der Waals surface area contributed by atoms with Crippen molar-refractivity contribution in [3.05, 3.63) is 0 Å². The van der Waals surface area contributed by atoms with E-state index in [1.807, 2.05) is 0 Å². The van der Waals surface area contributed by atoms with Gasteiger partial charge < -0.3 is 4.90 Å². The summed E-state index contributed by atoms with van der Waals surface area (Å²) in [5.74, 6) is 0.920. The Kier molecular flexibility index (Phi) is 4.67. The highest BCUT2D eigenvalue weighted by molar-refractivity contribution is 8.13. The fourth-order valence-corrected chi connectivity index (χ4v) is 2.55. The highest BCUT2D eigenvalue weighted by Gasteiger charge is 2.15. The van der Waals surface area contributed by atoms with Crippen molar-refractivity contribution in [1.82, 2.24) is 4.90 Å². The molecular formula is C9H18ClNO2S. The van der Waals surface area contributed by atoms with E-state index in [1.165, 1.54) is 12.8 Å². The van der Waals surface area contributed by atoms with Crippen molar-refractivity contribution in [2.24, 2.45) is 5.92 Å². The third-order valence-electron chi connectivity index (χ3n) is 2.74. The van der Waals surface area contributed by atoms with Crippen molar-refractivity contribution in [3.8, 4) is 0 Å². The molecule has 84 valence electrons. The van der Waals surface area contributed by atoms with Crippen LogP contribution in [0.4, 0.5) is 0 Å². The van der Waals surface area contributed by atoms with Gasteiger partial charge >= 0.3 is 0 Å². The second-order valence-corrected chi connectivity index (χ2v) is 7.02. The molecule has 1 saturated heterocycles. The summed E-state index contributed by atoms with van der Waals surface area (Å²) < 4.78 is 21.3. The van der Waals surface area contributed by atoms with Crippen LogP contribution in [0, 0.1) is 5.92 Å². The van der Waals surface area contributed by atoms with Gasteiger partial charge in [-0.1, -0.05) is 6.92 Å². The van der Waals surface area contributed by atoms with E-state index in [1.54, 1.807) is 0 Å². The monoisotopic (exact) mass is 239 g/mol. The maximum atomic E-state index is 10.7. The Balaban J connectivity index is 2.14. The summed E-state index contributed by atoms with van der Waals surface area (Å²) in [5.41, 5.74) is 0. The first-order valence-corrected chi connectivity index (χ1v) is 7.60. The first-order valence-electron chi connectivity index (χ1n) is 5.12. The van der Waals surface area contributed by atoms with E-state index >= 15 is 0 Å². The van der Waals surface area contributed by atoms with Crippen LogP contribution in [0.1, 0.15) is 26.2 Å². The normalized spacial score (nSPS) is 21.3. The highest BCUT2D eigenvalue weighted by atomic mass is 35.7. The van der Waals surface area contributed by atoms with Crippen LogP contribution in [0.2, 0.25) is 0 Å². The Morgan fingerprint density at radius 1 is 1.36 bits per heavy atom. The zero-order valence-electron chi connectivity index (χ0n) is 8.58. The topological polar surface area (TPSA) is 37.4 Å². The molecule has 0 bridgehead atoms. The molecule has 3 nitrogen and oxygen atoms in total. The van der Waals surface area contributed by atoms with E-state index in [2.05, 4.69) is 11.8 Å². The molecule has 1 aliphatic rings. The zero-order valence-corrected chi connectivity index (χ0v) is 10.1. The third kappa shape index (κ3) is 5.17. The summed E-state index contributed by atoms with van der Waals surface area (Å²) >= 11 is 0. The van der Waals surface area contributed by atoms with Gasteiger partial charge in [-0.15, -0.1) is 0 Å². The second-order valence-electron chi connectivity index (χ2n) is 4.12. The van der Waals surface area contributed by atoms with E-state index < -0.39 is 9.05 Å². The number of hydrogen-bond donors (Lipinski definition) is 0. The zero-order chi connectivity index (χ0) is 10.6. The lowest BCUT2D eigenvalue weighted by atomic mass is 9.99. The summed E-state index contributed by atoms with van der Waals surface area (Å²) in [7, 11) is 1.84. The SMILES string of the molecule is CC1CCN(CCCS(=O)(=O)Cl)CC1. The number of halogens is 1. The van der Waals surface area contributed by atoms with Gasteiger partial charge in [-0.05, 0) is 44.8 Å². The van der Waals surface area contributed by atoms with Crippen LogP contribution in [-0.2, 0) is 9.05 Å². The Labute approximate surface area is 90.8 Å². The Morgan fingerprint density at radius 2 is 1.93 bits per heavy atom. The predicted octanol–water partition coefficient (Wildman–Crippen LogP) is 1.68. The fraction of sp³-hybridized carbons (Fsp3) is 1.00. The van der Waals surface area contributed by atoms with Crippen molar-refractivity contribution in [2.75, 3.05) is 25.4 Å². The molecule has 0 aromatic rings. The Hall–Kier alpha value is 0.200. The van der Waals surface area contributed by atoms with Gasteiger partial charge in [0.25, 0.3) is 0 Å². The van der Waals surface area contributed by atoms with Crippen LogP contribution in [0.15, 0.2) is 0 Å². The average Bonchev–Trinajstić information content (AvgIpc) is 2.06. The third-order valence-corrected chi connectivity index (χ3v) is 3.98. The molecular weight excluding hydrogens is 222 g/mol. The molecule has 5 heteroatoms. The number of likely N-dealkylation sites (tertiary alicyclic amines) is 1. The minimum Gasteiger partial charge on any atom is -0.303 e. The maximum absolute atomic E-state index is 10.7. The Morgan fingerprint density at radius 3 is 2.43 bits per heavy atom. The van der Waals surface area contributed by atoms with Crippen molar-refractivity contribution < 1.29 is 8.42 Å². The van der Waals surface area contributed by atoms with E-state index in [-0.39, 0.29) is 5.75 Å². The van der Waals surface area contributed by atoms with Crippen LogP contribution < -0.4 is 0 Å². The van der Waals surface area contributed by atoms with Gasteiger partial charge in [-0.2, -0.15) is 0 Å². The number of rotatable bonds is 4. The average molecular weight is 240 g/mol. The minimum atomic E-state index is -3.29. The van der Waals surface area contributed by atoms with Crippen LogP contribution in [-0.4, -0.2) is 38.7 Å². The summed E-state index contributed by atoms with van der Waals surface area (Å²) in [6, 6.07) is 0. The Bertz CT molecular complexity index is 258. The molecule has 0 aliphatic carbocycles. The molecule has 1 fully saturated rings. The lowest BCUT2D eigenvalue weighted by Gasteiger charge is -2.29. The molecule has 0 unspecified atom stereocenters. The van der Waals surface area contributed by atoms with Gasteiger partial charge in [0, 0.05) is 10.7 Å². The number of piperidine rings is 1. The largest absolute Gasteiger partial charge is 0.303 e. The first kappa shape index (κ1) is 12.3. The number of hydrogen-bond acceptors (Lipinski definition) is 3. The second kappa shape index (κ2) is 5.33. The summed E-state index contributed by atoms with van der Waals surface area (Å²) in [6.45, 7) is 5.33. The summed E-state index contributed by atoms with van der Waals surface area (Å²) in [4.78, 5) is 2.32. The summed E-state index contributed by atoms with van der Waals surface area (Å²) in [6.07, 6.45) is 3.11. The fourth-order valence-electron chi connectivity index (χ4n) is 1.75. The molecule has 1 heterocycles. The minimum absolute atomic E-state index is 0.0978. The van der Waals surface area contributed by atoms with E-state index in [9.17, 15) is 8.42 Å². The molecule has 0 N–H and O–H groups in total. The molecule has 0 atom stereocenters. The highest BCUT2D eigenvalue weighted by Crippen LogP contribution is 2.16. The molecule has 1 rings (SSSR count). The lowest BCUT2D eigenvalue weighted by Crippen LogP contribution is -2.34. The van der Waals surface area contributed by atoms with Crippen LogP contribution in [0.25, 0.3) is 0 Å². The molecule has 0 aromatic heterocycles. The van der Waals surface area contributed by atoms with E-state index in [4.69, 9.17) is 10.7 Å². The molecule has 1 aliphatic heterocycles. The molecule has 0 spiro atoms. The van der Waals surface area contributed by atoms with Gasteiger partial charge in [0.1, 0.15) is 0 Å². The molecule has 14 heavy (non-hydrogen) atoms. The van der Waals surface area contributed by atoms with Crippen molar-refractivity contribution >= 4 is 19.7 Å². The van der Waals surface area contributed by atoms with Crippen LogP contribution in [0.3, 0.4) is 0 Å².